The topological polar surface area (TPSA) is 32.9 Å². The molecule has 1 aromatic heterocycles. The number of aromatic nitrogens is 1. The fraction of sp³-hybridized carbons (Fsp3) is 0.308. The second-order valence-electron chi connectivity index (χ2n) is 4.18. The van der Waals surface area contributed by atoms with Gasteiger partial charge in [0.1, 0.15) is 0 Å². The van der Waals surface area contributed by atoms with Crippen LogP contribution in [0.4, 0.5) is 0 Å². The first-order chi connectivity index (χ1) is 7.11. The largest absolute Gasteiger partial charge is 0.361 e. The summed E-state index contributed by atoms with van der Waals surface area (Å²) in [6, 6.07) is 6.01. The average Bonchev–Trinajstić information content (AvgIpc) is 2.63. The van der Waals surface area contributed by atoms with Crippen LogP contribution in [-0.4, -0.2) is 10.8 Å². The van der Waals surface area contributed by atoms with Crippen LogP contribution in [0.2, 0.25) is 0 Å². The van der Waals surface area contributed by atoms with E-state index < -0.39 is 0 Å². The molecule has 0 bridgehead atoms. The number of fused-ring (bicyclic) bond motifs is 1. The Morgan fingerprint density at radius 2 is 2.00 bits per heavy atom. The van der Waals surface area contributed by atoms with Gasteiger partial charge in [0, 0.05) is 17.1 Å². The first-order valence-electron chi connectivity index (χ1n) is 5.22. The molecule has 0 aliphatic carbocycles. The highest BCUT2D eigenvalue weighted by Crippen LogP contribution is 2.27. The number of Topliss-reactive ketones (excluding diaryl/α,β-unsaturated/α-hetero) is 1. The lowest BCUT2D eigenvalue weighted by Gasteiger charge is -2.08. The number of nitrogens with one attached hydrogen (secondary N) is 1. The normalized spacial score (nSPS) is 11.2. The maximum atomic E-state index is 11.4. The van der Waals surface area contributed by atoms with Crippen LogP contribution in [0.15, 0.2) is 24.4 Å². The van der Waals surface area contributed by atoms with Gasteiger partial charge in [-0.25, -0.2) is 0 Å². The minimum Gasteiger partial charge on any atom is -0.361 e. The molecule has 0 saturated heterocycles. The van der Waals surface area contributed by atoms with E-state index in [0.717, 1.165) is 16.5 Å². The molecule has 0 aliphatic heterocycles. The molecule has 0 unspecified atom stereocenters. The lowest BCUT2D eigenvalue weighted by atomic mass is 9.96. The highest BCUT2D eigenvalue weighted by molar-refractivity contribution is 6.06. The monoisotopic (exact) mass is 201 g/mol. The van der Waals surface area contributed by atoms with E-state index >= 15 is 0 Å². The molecule has 2 heteroatoms. The number of H-pyrrole nitrogens is 1. The summed E-state index contributed by atoms with van der Waals surface area (Å²) in [5.41, 5.74) is 3.03. The Labute approximate surface area is 89.3 Å². The van der Waals surface area contributed by atoms with Crippen molar-refractivity contribution in [2.45, 2.75) is 26.7 Å². The Bertz CT molecular complexity index is 508. The van der Waals surface area contributed by atoms with Gasteiger partial charge in [0.15, 0.2) is 5.78 Å². The SMILES string of the molecule is CC(=O)c1ccc(C(C)C)c2cc[nH]c12. The Hall–Kier alpha value is -1.57. The number of ketones is 1. The molecule has 0 spiro atoms. The summed E-state index contributed by atoms with van der Waals surface area (Å²) in [4.78, 5) is 14.6. The predicted molar refractivity (Wildman–Crippen MR) is 62.4 cm³/mol. The predicted octanol–water partition coefficient (Wildman–Crippen LogP) is 3.49. The van der Waals surface area contributed by atoms with Gasteiger partial charge in [0.05, 0.1) is 5.52 Å². The van der Waals surface area contributed by atoms with Gasteiger partial charge in [-0.05, 0) is 30.5 Å². The zero-order valence-corrected chi connectivity index (χ0v) is 9.29. The van der Waals surface area contributed by atoms with E-state index in [2.05, 4.69) is 24.9 Å². The zero-order chi connectivity index (χ0) is 11.0. The third-order valence-corrected chi connectivity index (χ3v) is 2.76. The second-order valence-corrected chi connectivity index (χ2v) is 4.18. The number of carbonyl (C=O) groups excluding carboxylic acids is 1. The Balaban J connectivity index is 2.76. The molecule has 0 aliphatic rings. The molecule has 1 aromatic carbocycles. The van der Waals surface area contributed by atoms with Crippen molar-refractivity contribution >= 4 is 16.7 Å². The van der Waals surface area contributed by atoms with Crippen LogP contribution in [0.1, 0.15) is 42.6 Å². The average molecular weight is 201 g/mol. The van der Waals surface area contributed by atoms with E-state index in [0.29, 0.717) is 5.92 Å². The molecule has 0 fully saturated rings. The summed E-state index contributed by atoms with van der Waals surface area (Å²) >= 11 is 0. The van der Waals surface area contributed by atoms with Gasteiger partial charge in [-0.15, -0.1) is 0 Å². The summed E-state index contributed by atoms with van der Waals surface area (Å²) in [6.07, 6.45) is 1.89. The summed E-state index contributed by atoms with van der Waals surface area (Å²) < 4.78 is 0. The number of hydrogen-bond acceptors (Lipinski definition) is 1. The summed E-state index contributed by atoms with van der Waals surface area (Å²) in [6.45, 7) is 5.93. The molecule has 78 valence electrons. The highest BCUT2D eigenvalue weighted by Gasteiger charge is 2.11. The van der Waals surface area contributed by atoms with Crippen molar-refractivity contribution in [3.63, 3.8) is 0 Å². The lowest BCUT2D eigenvalue weighted by molar-refractivity contribution is 0.101. The molecular weight excluding hydrogens is 186 g/mol. The van der Waals surface area contributed by atoms with Gasteiger partial charge in [-0.3, -0.25) is 4.79 Å². The van der Waals surface area contributed by atoms with Crippen molar-refractivity contribution in [3.8, 4) is 0 Å². The summed E-state index contributed by atoms with van der Waals surface area (Å²) in [5.74, 6) is 0.585. The third kappa shape index (κ3) is 1.56. The molecular formula is C13H15NO. The number of hydrogen-bond donors (Lipinski definition) is 1. The Kier molecular flexibility index (Phi) is 2.35. The van der Waals surface area contributed by atoms with Crippen LogP contribution in [0.5, 0.6) is 0 Å². The smallest absolute Gasteiger partial charge is 0.161 e. The molecule has 0 atom stereocenters. The van der Waals surface area contributed by atoms with E-state index in [9.17, 15) is 4.79 Å². The third-order valence-electron chi connectivity index (χ3n) is 2.76. The van der Waals surface area contributed by atoms with Crippen molar-refractivity contribution in [1.82, 2.24) is 4.98 Å². The van der Waals surface area contributed by atoms with Crippen molar-refractivity contribution in [2.24, 2.45) is 0 Å². The molecule has 0 amide bonds. The first kappa shape index (κ1) is 9.97. The van der Waals surface area contributed by atoms with Crippen LogP contribution in [0.25, 0.3) is 10.9 Å². The zero-order valence-electron chi connectivity index (χ0n) is 9.29. The molecule has 2 nitrogen and oxygen atoms in total. The van der Waals surface area contributed by atoms with Crippen LogP contribution < -0.4 is 0 Å². The number of benzene rings is 1. The van der Waals surface area contributed by atoms with Crippen molar-refractivity contribution in [1.29, 1.82) is 0 Å². The fourth-order valence-electron chi connectivity index (χ4n) is 1.98. The van der Waals surface area contributed by atoms with Gasteiger partial charge < -0.3 is 4.98 Å². The highest BCUT2D eigenvalue weighted by atomic mass is 16.1. The Morgan fingerprint density at radius 1 is 1.27 bits per heavy atom. The van der Waals surface area contributed by atoms with Crippen molar-refractivity contribution < 1.29 is 4.79 Å². The first-order valence-corrected chi connectivity index (χ1v) is 5.22. The number of rotatable bonds is 2. The van der Waals surface area contributed by atoms with Gasteiger partial charge in [0.25, 0.3) is 0 Å². The van der Waals surface area contributed by atoms with Crippen LogP contribution in [0, 0.1) is 0 Å². The van der Waals surface area contributed by atoms with E-state index in [1.54, 1.807) is 6.92 Å². The van der Waals surface area contributed by atoms with Crippen LogP contribution in [0.3, 0.4) is 0 Å². The molecule has 0 saturated carbocycles. The van der Waals surface area contributed by atoms with Crippen molar-refractivity contribution in [3.05, 3.63) is 35.5 Å². The van der Waals surface area contributed by atoms with Gasteiger partial charge in [0.2, 0.25) is 0 Å². The Morgan fingerprint density at radius 3 is 2.60 bits per heavy atom. The number of carbonyl (C=O) groups is 1. The quantitative estimate of drug-likeness (QED) is 0.741. The summed E-state index contributed by atoms with van der Waals surface area (Å²) in [5, 5.41) is 1.16. The molecule has 15 heavy (non-hydrogen) atoms. The fourth-order valence-corrected chi connectivity index (χ4v) is 1.98. The standard InChI is InChI=1S/C13H15NO/c1-8(2)10-4-5-11(9(3)15)13-12(10)6-7-14-13/h4-8,14H,1-3H3. The number of aromatic amines is 1. The molecule has 2 aromatic rings. The molecule has 2 rings (SSSR count). The maximum Gasteiger partial charge on any atom is 0.161 e. The van der Waals surface area contributed by atoms with E-state index in [1.807, 2.05) is 18.3 Å². The van der Waals surface area contributed by atoms with Gasteiger partial charge >= 0.3 is 0 Å². The maximum absolute atomic E-state index is 11.4. The van der Waals surface area contributed by atoms with E-state index in [1.165, 1.54) is 5.56 Å². The van der Waals surface area contributed by atoms with Crippen LogP contribution in [-0.2, 0) is 0 Å². The van der Waals surface area contributed by atoms with Gasteiger partial charge in [-0.1, -0.05) is 19.9 Å². The minimum absolute atomic E-state index is 0.109. The van der Waals surface area contributed by atoms with Gasteiger partial charge in [-0.2, -0.15) is 0 Å². The van der Waals surface area contributed by atoms with E-state index in [4.69, 9.17) is 0 Å². The second kappa shape index (κ2) is 3.54. The van der Waals surface area contributed by atoms with Crippen LogP contribution >= 0.6 is 0 Å². The van der Waals surface area contributed by atoms with E-state index in [-0.39, 0.29) is 5.78 Å². The molecule has 1 heterocycles. The molecule has 0 radical (unpaired) electrons. The summed E-state index contributed by atoms with van der Waals surface area (Å²) in [7, 11) is 0. The lowest BCUT2D eigenvalue weighted by Crippen LogP contribution is -1.96. The minimum atomic E-state index is 0.109. The van der Waals surface area contributed by atoms with Crippen molar-refractivity contribution in [2.75, 3.05) is 0 Å². The molecule has 1 N–H and O–H groups in total.